The van der Waals surface area contributed by atoms with Crippen molar-refractivity contribution in [3.63, 3.8) is 0 Å². The minimum atomic E-state index is 0. The van der Waals surface area contributed by atoms with Gasteiger partial charge in [-0.25, -0.2) is 0 Å². The number of para-hydroxylation sites is 4. The van der Waals surface area contributed by atoms with Gasteiger partial charge in [-0.2, -0.15) is 60.7 Å². The van der Waals surface area contributed by atoms with Crippen molar-refractivity contribution < 1.29 is 29.2 Å². The van der Waals surface area contributed by atoms with Crippen LogP contribution in [0.15, 0.2) is 140 Å². The van der Waals surface area contributed by atoms with E-state index >= 15 is 0 Å². The standard InChI is InChI=1S/2C17H15N2.C7H5N4.Ir/c2*1-14-15(2)19(17-11-7-4-8-12-17)13-18(14)16-9-5-3-6-10-16;1-2-4-8-6(3-1)7-5-9-11-10-7;/h2*3-11H,1-2H3;1-5H;/q3*-1;. The van der Waals surface area contributed by atoms with E-state index in [-0.39, 0.29) is 20.1 Å². The summed E-state index contributed by atoms with van der Waals surface area (Å²) in [5.74, 6) is 0. The molecule has 8 nitrogen and oxygen atoms in total. The molecule has 8 rings (SSSR count). The topological polar surface area (TPSA) is 70.4 Å². The van der Waals surface area contributed by atoms with E-state index in [4.69, 9.17) is 0 Å². The fourth-order valence-electron chi connectivity index (χ4n) is 5.13. The summed E-state index contributed by atoms with van der Waals surface area (Å²) in [5.41, 5.74) is 10.5. The summed E-state index contributed by atoms with van der Waals surface area (Å²) < 4.78 is 8.25. The third-order valence-corrected chi connectivity index (χ3v) is 8.00. The van der Waals surface area contributed by atoms with Crippen molar-refractivity contribution in [1.29, 1.82) is 0 Å². The Labute approximate surface area is 306 Å². The molecule has 8 aromatic rings. The summed E-state index contributed by atoms with van der Waals surface area (Å²) in [6.45, 7) is 8.43. The van der Waals surface area contributed by atoms with Crippen molar-refractivity contribution in [1.82, 2.24) is 29.5 Å². The fourth-order valence-corrected chi connectivity index (χ4v) is 5.13. The van der Waals surface area contributed by atoms with Gasteiger partial charge in [0.05, 0.1) is 28.5 Å². The normalized spacial score (nSPS) is 10.2. The van der Waals surface area contributed by atoms with Crippen LogP contribution in [0.4, 0.5) is 0 Å². The van der Waals surface area contributed by atoms with E-state index in [9.17, 15) is 0 Å². The van der Waals surface area contributed by atoms with Crippen LogP contribution in [0.3, 0.4) is 0 Å². The molecule has 0 saturated heterocycles. The molecule has 0 saturated carbocycles. The Kier molecular flexibility index (Phi) is 12.1. The first-order valence-corrected chi connectivity index (χ1v) is 15.9. The summed E-state index contributed by atoms with van der Waals surface area (Å²) in [6, 6.07) is 48.5. The molecule has 0 aliphatic rings. The van der Waals surface area contributed by atoms with Gasteiger partial charge in [0.1, 0.15) is 0 Å². The van der Waals surface area contributed by atoms with Crippen molar-refractivity contribution in [2.45, 2.75) is 27.7 Å². The average Bonchev–Trinajstić information content (AvgIpc) is 3.90. The Morgan fingerprint density at radius 1 is 0.580 bits per heavy atom. The van der Waals surface area contributed by atoms with Crippen molar-refractivity contribution in [2.24, 2.45) is 0 Å². The zero-order chi connectivity index (χ0) is 34.0. The first kappa shape index (κ1) is 35.5. The van der Waals surface area contributed by atoms with Crippen LogP contribution in [-0.4, -0.2) is 24.4 Å². The van der Waals surface area contributed by atoms with Crippen LogP contribution in [0.5, 0.6) is 0 Å². The largest absolute Gasteiger partial charge is 0.358 e. The van der Waals surface area contributed by atoms with Gasteiger partial charge < -0.3 is 19.3 Å². The minimum absolute atomic E-state index is 0. The molecule has 0 unspecified atom stereocenters. The van der Waals surface area contributed by atoms with Gasteiger partial charge in [0, 0.05) is 37.7 Å². The van der Waals surface area contributed by atoms with E-state index in [1.54, 1.807) is 12.4 Å². The molecule has 0 bridgehead atoms. The second kappa shape index (κ2) is 17.1. The second-order valence-electron chi connectivity index (χ2n) is 11.1. The van der Waals surface area contributed by atoms with E-state index in [1.165, 1.54) is 22.8 Å². The van der Waals surface area contributed by atoms with Gasteiger partial charge in [-0.3, -0.25) is 19.3 Å². The zero-order valence-corrected chi connectivity index (χ0v) is 30.6. The molecule has 251 valence electrons. The Hall–Kier alpha value is -5.76. The quantitative estimate of drug-likeness (QED) is 0.148. The summed E-state index contributed by atoms with van der Waals surface area (Å²) >= 11 is 0. The fraction of sp³-hybridized carbons (Fsp3) is 0.0976. The third kappa shape index (κ3) is 8.26. The van der Waals surface area contributed by atoms with Gasteiger partial charge in [-0.05, 0) is 81.2 Å². The van der Waals surface area contributed by atoms with E-state index in [0.29, 0.717) is 5.69 Å². The van der Waals surface area contributed by atoms with Crippen molar-refractivity contribution >= 4 is 0 Å². The molecule has 0 fully saturated rings. The Bertz CT molecular complexity index is 1930. The monoisotopic (exact) mass is 832 g/mol. The van der Waals surface area contributed by atoms with Crippen molar-refractivity contribution in [3.05, 3.63) is 187 Å². The van der Waals surface area contributed by atoms with Crippen molar-refractivity contribution in [3.8, 4) is 34.1 Å². The SMILES string of the molecule is Cc1c(C)[n+](-c2ccccc2)[c-]n1-c1[c-]cccc1.Cc1c(C)[n+](-c2ccccc2)[c-]n1-c1[c-]cccc1.[Ir].c1ccc(-c2cnn[n-]2)nc1. The number of imidazole rings is 2. The zero-order valence-electron chi connectivity index (χ0n) is 28.2. The molecule has 0 aliphatic carbocycles. The molecule has 0 spiro atoms. The second-order valence-corrected chi connectivity index (χ2v) is 11.1. The van der Waals surface area contributed by atoms with E-state index < -0.39 is 0 Å². The molecule has 4 aromatic carbocycles. The number of pyridine rings is 1. The Balaban J connectivity index is 0.000000150. The van der Waals surface area contributed by atoms with Gasteiger partial charge in [0.2, 0.25) is 0 Å². The third-order valence-electron chi connectivity index (χ3n) is 8.00. The van der Waals surface area contributed by atoms with Crippen LogP contribution < -0.4 is 14.2 Å². The average molecular weight is 832 g/mol. The van der Waals surface area contributed by atoms with Crippen molar-refractivity contribution in [2.75, 3.05) is 0 Å². The predicted octanol–water partition coefficient (Wildman–Crippen LogP) is 6.44. The number of nitrogens with zero attached hydrogens (tertiary/aromatic N) is 8. The molecule has 1 radical (unpaired) electrons. The van der Waals surface area contributed by atoms with Gasteiger partial charge in [-0.1, -0.05) is 48.7 Å². The molecule has 0 atom stereocenters. The van der Waals surface area contributed by atoms with E-state index in [1.807, 2.05) is 112 Å². The van der Waals surface area contributed by atoms with Crippen LogP contribution in [0, 0.1) is 52.5 Å². The molecular formula is C41H35IrN8-3. The minimum Gasteiger partial charge on any atom is -0.358 e. The first-order chi connectivity index (χ1) is 24.0. The summed E-state index contributed by atoms with van der Waals surface area (Å²) in [7, 11) is 0. The number of benzene rings is 4. The van der Waals surface area contributed by atoms with Crippen LogP contribution in [0.2, 0.25) is 0 Å². The molecule has 4 aromatic heterocycles. The predicted molar refractivity (Wildman–Crippen MR) is 187 cm³/mol. The molecular weight excluding hydrogens is 797 g/mol. The van der Waals surface area contributed by atoms with Gasteiger partial charge in [-0.15, -0.1) is 0 Å². The van der Waals surface area contributed by atoms with E-state index in [2.05, 4.69) is 106 Å². The smallest absolute Gasteiger partial charge is 0.267 e. The molecule has 0 aliphatic heterocycles. The first-order valence-electron chi connectivity index (χ1n) is 15.9. The van der Waals surface area contributed by atoms with Crippen LogP contribution in [-0.2, 0) is 20.1 Å². The molecule has 50 heavy (non-hydrogen) atoms. The Morgan fingerprint density at radius 3 is 1.46 bits per heavy atom. The van der Waals surface area contributed by atoms with Crippen LogP contribution in [0.1, 0.15) is 22.8 Å². The maximum absolute atomic E-state index is 4.08. The van der Waals surface area contributed by atoms with Gasteiger partial charge in [0.25, 0.3) is 12.7 Å². The summed E-state index contributed by atoms with van der Waals surface area (Å²) in [4.78, 5) is 4.08. The molecule has 0 amide bonds. The van der Waals surface area contributed by atoms with E-state index in [0.717, 1.165) is 28.4 Å². The summed E-state index contributed by atoms with van der Waals surface area (Å²) in [5, 5.41) is 10.8. The maximum Gasteiger partial charge on any atom is 0.267 e. The number of hydrogen-bond donors (Lipinski definition) is 0. The molecule has 9 heteroatoms. The van der Waals surface area contributed by atoms with Crippen LogP contribution >= 0.6 is 0 Å². The number of hydrogen-bond acceptors (Lipinski definition) is 3. The van der Waals surface area contributed by atoms with Gasteiger partial charge >= 0.3 is 0 Å². The molecule has 0 N–H and O–H groups in total. The maximum atomic E-state index is 4.08. The van der Waals surface area contributed by atoms with Crippen LogP contribution in [0.25, 0.3) is 34.1 Å². The Morgan fingerprint density at radius 2 is 1.06 bits per heavy atom. The summed E-state index contributed by atoms with van der Waals surface area (Å²) in [6.07, 6.45) is 10.1. The number of aromatic nitrogens is 8. The number of rotatable bonds is 5. The van der Waals surface area contributed by atoms with Gasteiger partial charge in [0.15, 0.2) is 0 Å². The molecule has 4 heterocycles.